The summed E-state index contributed by atoms with van der Waals surface area (Å²) in [7, 11) is 5.99. The Hall–Kier alpha value is -1.71. The third-order valence-electron chi connectivity index (χ3n) is 15.9. The molecule has 0 aliphatic heterocycles. The highest BCUT2D eigenvalue weighted by molar-refractivity contribution is 5.71. The Labute approximate surface area is 479 Å². The highest BCUT2D eigenvalue weighted by atomic mass is 16.7. The van der Waals surface area contributed by atoms with Gasteiger partial charge in [0.1, 0.15) is 13.2 Å². The third-order valence-corrected chi connectivity index (χ3v) is 15.9. The number of hydrogen-bond acceptors (Lipinski definition) is 7. The Morgan fingerprint density at radius 1 is 0.338 bits per heavy atom. The Morgan fingerprint density at radius 3 is 0.831 bits per heavy atom. The van der Waals surface area contributed by atoms with Crippen LogP contribution in [0.25, 0.3) is 0 Å². The van der Waals surface area contributed by atoms with Crippen molar-refractivity contribution in [3.05, 3.63) is 0 Å². The van der Waals surface area contributed by atoms with Crippen LogP contribution in [0.1, 0.15) is 361 Å². The standard InChI is InChI=1S/C68H133NO8/c1-6-8-10-12-14-16-18-20-22-24-26-28-29-30-31-32-33-34-35-36-37-38-39-41-43-45-47-49-51-53-55-57-59-66(71)77-64(63-76-68(67(72)73)74-61-60-69(3,4)5)62-75-65(70)58-56-54-52-50-48-46-44-42-40-27-25-23-21-19-17-15-13-11-9-7-2/h64,68H,6-63H2,1-5H3/p+1. The molecule has 0 heterocycles. The van der Waals surface area contributed by atoms with Crippen molar-refractivity contribution in [3.63, 3.8) is 0 Å². The van der Waals surface area contributed by atoms with Crippen molar-refractivity contribution in [3.8, 4) is 0 Å². The van der Waals surface area contributed by atoms with Gasteiger partial charge in [0.2, 0.25) is 0 Å². The molecule has 0 fully saturated rings. The van der Waals surface area contributed by atoms with Gasteiger partial charge in [0.05, 0.1) is 34.4 Å². The molecule has 0 aliphatic carbocycles. The number of esters is 2. The molecule has 0 aromatic rings. The first kappa shape index (κ1) is 75.3. The Morgan fingerprint density at radius 2 is 0.584 bits per heavy atom. The van der Waals surface area contributed by atoms with Gasteiger partial charge in [-0.15, -0.1) is 0 Å². The molecule has 0 radical (unpaired) electrons. The molecule has 0 aromatic heterocycles. The number of ether oxygens (including phenoxy) is 4. The van der Waals surface area contributed by atoms with Gasteiger partial charge in [-0.1, -0.05) is 335 Å². The topological polar surface area (TPSA) is 108 Å². The van der Waals surface area contributed by atoms with Crippen molar-refractivity contribution < 1.29 is 42.9 Å². The number of carboxylic acids is 1. The zero-order valence-electron chi connectivity index (χ0n) is 52.4. The van der Waals surface area contributed by atoms with Crippen LogP contribution in [0.3, 0.4) is 0 Å². The van der Waals surface area contributed by atoms with E-state index >= 15 is 0 Å². The number of quaternary nitrogens is 1. The molecule has 9 heteroatoms. The third kappa shape index (κ3) is 61.8. The van der Waals surface area contributed by atoms with E-state index in [1.807, 2.05) is 21.1 Å². The van der Waals surface area contributed by atoms with E-state index in [-0.39, 0.29) is 38.2 Å². The number of rotatable bonds is 65. The van der Waals surface area contributed by atoms with Crippen molar-refractivity contribution in [1.29, 1.82) is 0 Å². The molecule has 1 N–H and O–H groups in total. The monoisotopic (exact) mass is 1090 g/mol. The largest absolute Gasteiger partial charge is 0.477 e. The maximum Gasteiger partial charge on any atom is 0.361 e. The molecule has 2 atom stereocenters. The second-order valence-electron chi connectivity index (χ2n) is 24.9. The van der Waals surface area contributed by atoms with E-state index in [1.54, 1.807) is 0 Å². The van der Waals surface area contributed by atoms with Crippen molar-refractivity contribution in [1.82, 2.24) is 0 Å². The number of carbonyl (C=O) groups excluding carboxylic acids is 2. The average molecular weight is 1090 g/mol. The summed E-state index contributed by atoms with van der Waals surface area (Å²) in [6.45, 7) is 4.97. The molecule has 77 heavy (non-hydrogen) atoms. The number of aliphatic carboxylic acids is 1. The number of carboxylic acid groups (broad SMARTS) is 1. The summed E-state index contributed by atoms with van der Waals surface area (Å²) in [6.07, 6.45) is 67.9. The minimum atomic E-state index is -1.50. The first-order valence-electron chi connectivity index (χ1n) is 34.2. The van der Waals surface area contributed by atoms with Gasteiger partial charge in [-0.25, -0.2) is 4.79 Å². The van der Waals surface area contributed by atoms with Crippen LogP contribution < -0.4 is 0 Å². The van der Waals surface area contributed by atoms with Gasteiger partial charge < -0.3 is 28.5 Å². The molecular formula is C68H134NO8+. The zero-order chi connectivity index (χ0) is 56.2. The fourth-order valence-corrected chi connectivity index (χ4v) is 10.6. The van der Waals surface area contributed by atoms with E-state index in [1.165, 1.54) is 295 Å². The summed E-state index contributed by atoms with van der Waals surface area (Å²) in [6, 6.07) is 0. The summed E-state index contributed by atoms with van der Waals surface area (Å²) in [4.78, 5) is 37.5. The summed E-state index contributed by atoms with van der Waals surface area (Å²) in [5.41, 5.74) is 0. The highest BCUT2D eigenvalue weighted by Crippen LogP contribution is 2.19. The number of likely N-dealkylation sites (N-methyl/N-ethyl adjacent to an activating group) is 1. The van der Waals surface area contributed by atoms with E-state index in [0.29, 0.717) is 17.4 Å². The lowest BCUT2D eigenvalue weighted by molar-refractivity contribution is -0.870. The minimum Gasteiger partial charge on any atom is -0.477 e. The predicted molar refractivity (Wildman–Crippen MR) is 328 cm³/mol. The molecule has 0 aliphatic rings. The van der Waals surface area contributed by atoms with E-state index in [2.05, 4.69) is 13.8 Å². The minimum absolute atomic E-state index is 0.172. The van der Waals surface area contributed by atoms with E-state index in [0.717, 1.165) is 38.5 Å². The van der Waals surface area contributed by atoms with Gasteiger partial charge >= 0.3 is 17.9 Å². The van der Waals surface area contributed by atoms with Crippen molar-refractivity contribution in [2.45, 2.75) is 373 Å². The Balaban J connectivity index is 4.02. The molecule has 0 rings (SSSR count). The zero-order valence-corrected chi connectivity index (χ0v) is 52.4. The number of hydrogen-bond donors (Lipinski definition) is 1. The number of unbranched alkanes of at least 4 members (excludes halogenated alkanes) is 50. The fraction of sp³-hybridized carbons (Fsp3) is 0.956. The van der Waals surface area contributed by atoms with Crippen molar-refractivity contribution in [2.24, 2.45) is 0 Å². The summed E-state index contributed by atoms with van der Waals surface area (Å²) < 4.78 is 23.0. The SMILES string of the molecule is CCCCCCCCCCCCCCCCCCCCCCCCCCCCCCCCCCC(=O)OC(COC(=O)CCCCCCCCCCCCCCCCCCCCCC)COC(OCC[N+](C)(C)C)C(=O)O. The number of carbonyl (C=O) groups is 3. The molecule has 0 aromatic carbocycles. The second-order valence-corrected chi connectivity index (χ2v) is 24.9. The maximum absolute atomic E-state index is 12.9. The fourth-order valence-electron chi connectivity index (χ4n) is 10.6. The molecule has 0 bridgehead atoms. The van der Waals surface area contributed by atoms with E-state index < -0.39 is 18.4 Å². The smallest absolute Gasteiger partial charge is 0.361 e. The van der Waals surface area contributed by atoms with Crippen LogP contribution in [0.15, 0.2) is 0 Å². The molecule has 0 saturated carbocycles. The van der Waals surface area contributed by atoms with Gasteiger partial charge in [0.15, 0.2) is 6.10 Å². The van der Waals surface area contributed by atoms with Crippen LogP contribution in [0.4, 0.5) is 0 Å². The molecular weight excluding hydrogens is 959 g/mol. The second kappa shape index (κ2) is 60.4. The summed E-state index contributed by atoms with van der Waals surface area (Å²) in [5, 5.41) is 9.73. The van der Waals surface area contributed by atoms with Crippen molar-refractivity contribution in [2.75, 3.05) is 47.5 Å². The summed E-state index contributed by atoms with van der Waals surface area (Å²) >= 11 is 0. The first-order valence-corrected chi connectivity index (χ1v) is 34.2. The van der Waals surface area contributed by atoms with Crippen molar-refractivity contribution >= 4 is 17.9 Å². The van der Waals surface area contributed by atoms with Gasteiger partial charge in [-0.05, 0) is 12.8 Å². The normalized spacial score (nSPS) is 12.6. The average Bonchev–Trinajstić information content (AvgIpc) is 3.40. The molecule has 0 saturated heterocycles. The van der Waals surface area contributed by atoms with Gasteiger partial charge in [0, 0.05) is 12.8 Å². The van der Waals surface area contributed by atoms with Crippen LogP contribution in [0, 0.1) is 0 Å². The number of nitrogens with zero attached hydrogens (tertiary/aromatic N) is 1. The lowest BCUT2D eigenvalue weighted by Crippen LogP contribution is -2.40. The highest BCUT2D eigenvalue weighted by Gasteiger charge is 2.25. The maximum atomic E-state index is 12.9. The molecule has 2 unspecified atom stereocenters. The Bertz CT molecular complexity index is 1220. The quantitative estimate of drug-likeness (QED) is 0.0278. The molecule has 0 amide bonds. The molecule has 0 spiro atoms. The van der Waals surface area contributed by atoms with E-state index in [9.17, 15) is 19.5 Å². The molecule has 9 nitrogen and oxygen atoms in total. The van der Waals surface area contributed by atoms with Crippen LogP contribution in [-0.4, -0.2) is 87.4 Å². The molecule has 458 valence electrons. The summed E-state index contributed by atoms with van der Waals surface area (Å²) in [5.74, 6) is -1.97. The lowest BCUT2D eigenvalue weighted by Gasteiger charge is -2.25. The van der Waals surface area contributed by atoms with Gasteiger partial charge in [-0.3, -0.25) is 9.59 Å². The lowest BCUT2D eigenvalue weighted by atomic mass is 10.0. The van der Waals surface area contributed by atoms with Gasteiger partial charge in [-0.2, -0.15) is 0 Å². The van der Waals surface area contributed by atoms with Crippen LogP contribution in [-0.2, 0) is 33.3 Å². The van der Waals surface area contributed by atoms with Crippen LogP contribution >= 0.6 is 0 Å². The van der Waals surface area contributed by atoms with Crippen LogP contribution in [0.2, 0.25) is 0 Å². The predicted octanol–water partition coefficient (Wildman–Crippen LogP) is 20.7. The van der Waals surface area contributed by atoms with Crippen LogP contribution in [0.5, 0.6) is 0 Å². The Kier molecular flexibility index (Phi) is 59.0. The first-order chi connectivity index (χ1) is 37.6. The van der Waals surface area contributed by atoms with Gasteiger partial charge in [0.25, 0.3) is 6.29 Å². The van der Waals surface area contributed by atoms with E-state index in [4.69, 9.17) is 18.9 Å².